The number of nitrogens with zero attached hydrogens (tertiary/aromatic N) is 1. The molecule has 158 valence electrons. The average molecular weight is 410 g/mol. The van der Waals surface area contributed by atoms with Crippen molar-refractivity contribution in [2.24, 2.45) is 5.92 Å². The molecule has 2 amide bonds. The Morgan fingerprint density at radius 2 is 1.75 bits per heavy atom. The fraction of sp³-hybridized carbons (Fsp3) is 0.636. The van der Waals surface area contributed by atoms with E-state index in [0.29, 0.717) is 18.2 Å². The molecular weight excluding hydrogens is 374 g/mol. The molecule has 1 aliphatic rings. The van der Waals surface area contributed by atoms with Crippen LogP contribution in [0.2, 0.25) is 0 Å². The molecule has 0 spiro atoms. The van der Waals surface area contributed by atoms with Crippen LogP contribution in [0.3, 0.4) is 0 Å². The van der Waals surface area contributed by atoms with Crippen molar-refractivity contribution in [1.82, 2.24) is 15.5 Å². The number of nitrogens with one attached hydrogen (secondary N) is 2. The minimum absolute atomic E-state index is 0. The maximum absolute atomic E-state index is 13.0. The van der Waals surface area contributed by atoms with E-state index >= 15 is 0 Å². The number of piperidine rings is 1. The third-order valence-electron chi connectivity index (χ3n) is 5.37. The molecule has 2 unspecified atom stereocenters. The number of carbonyl (C=O) groups excluding carboxylic acids is 2. The van der Waals surface area contributed by atoms with Gasteiger partial charge in [-0.25, -0.2) is 0 Å². The van der Waals surface area contributed by atoms with Gasteiger partial charge in [0.2, 0.25) is 5.91 Å². The quantitative estimate of drug-likeness (QED) is 0.783. The van der Waals surface area contributed by atoms with Crippen LogP contribution in [0, 0.1) is 5.92 Å². The summed E-state index contributed by atoms with van der Waals surface area (Å²) in [6.07, 6.45) is 2.07. The number of likely N-dealkylation sites (tertiary alicyclic amines) is 1. The van der Waals surface area contributed by atoms with Crippen molar-refractivity contribution in [3.05, 3.63) is 35.4 Å². The molecule has 6 heteroatoms. The van der Waals surface area contributed by atoms with Crippen LogP contribution < -0.4 is 10.6 Å². The number of hydrogen-bond donors (Lipinski definition) is 2. The van der Waals surface area contributed by atoms with Crippen molar-refractivity contribution in [1.29, 1.82) is 0 Å². The molecule has 1 heterocycles. The molecule has 1 saturated heterocycles. The minimum Gasteiger partial charge on any atom is -0.340 e. The Bertz CT molecular complexity index is 653. The zero-order chi connectivity index (χ0) is 20.2. The van der Waals surface area contributed by atoms with E-state index in [1.165, 1.54) is 5.56 Å². The van der Waals surface area contributed by atoms with Gasteiger partial charge in [-0.05, 0) is 48.9 Å². The van der Waals surface area contributed by atoms with Gasteiger partial charge in [-0.1, -0.05) is 46.8 Å². The van der Waals surface area contributed by atoms with E-state index in [1.54, 1.807) is 0 Å². The van der Waals surface area contributed by atoms with Gasteiger partial charge in [-0.3, -0.25) is 9.59 Å². The lowest BCUT2D eigenvalue weighted by atomic mass is 9.86. The molecule has 0 aliphatic carbocycles. The van der Waals surface area contributed by atoms with E-state index in [4.69, 9.17) is 0 Å². The molecule has 1 aromatic rings. The summed E-state index contributed by atoms with van der Waals surface area (Å²) in [7, 11) is 1.93. The Hall–Kier alpha value is -1.59. The van der Waals surface area contributed by atoms with Crippen LogP contribution in [0.15, 0.2) is 24.3 Å². The topological polar surface area (TPSA) is 61.4 Å². The largest absolute Gasteiger partial charge is 0.340 e. The molecule has 0 radical (unpaired) electrons. The lowest BCUT2D eigenvalue weighted by Crippen LogP contribution is -2.55. The fourth-order valence-electron chi connectivity index (χ4n) is 3.47. The Morgan fingerprint density at radius 1 is 1.14 bits per heavy atom. The van der Waals surface area contributed by atoms with Crippen molar-refractivity contribution in [2.75, 3.05) is 20.1 Å². The maximum Gasteiger partial charge on any atom is 0.251 e. The van der Waals surface area contributed by atoms with Gasteiger partial charge in [0.1, 0.15) is 6.04 Å². The molecule has 0 saturated carbocycles. The Labute approximate surface area is 176 Å². The molecule has 2 rings (SSSR count). The van der Waals surface area contributed by atoms with E-state index in [0.717, 1.165) is 19.4 Å². The second-order valence-electron chi connectivity index (χ2n) is 8.93. The van der Waals surface area contributed by atoms with Gasteiger partial charge in [0.05, 0.1) is 0 Å². The summed E-state index contributed by atoms with van der Waals surface area (Å²) in [5.41, 5.74) is 1.82. The minimum atomic E-state index is -0.504. The third kappa shape index (κ3) is 6.21. The molecule has 0 aromatic heterocycles. The predicted octanol–water partition coefficient (Wildman–Crippen LogP) is 3.37. The summed E-state index contributed by atoms with van der Waals surface area (Å²) in [5.74, 6) is -0.139. The van der Waals surface area contributed by atoms with Crippen LogP contribution >= 0.6 is 12.4 Å². The van der Waals surface area contributed by atoms with Gasteiger partial charge in [0.25, 0.3) is 5.91 Å². The predicted molar refractivity (Wildman–Crippen MR) is 117 cm³/mol. The van der Waals surface area contributed by atoms with Crippen LogP contribution in [0.5, 0.6) is 0 Å². The normalized spacial score (nSPS) is 18.4. The molecule has 2 atom stereocenters. The monoisotopic (exact) mass is 409 g/mol. The van der Waals surface area contributed by atoms with E-state index in [1.807, 2.05) is 50.1 Å². The zero-order valence-electron chi connectivity index (χ0n) is 18.0. The summed E-state index contributed by atoms with van der Waals surface area (Å²) >= 11 is 0. The summed E-state index contributed by atoms with van der Waals surface area (Å²) in [6, 6.07) is 7.49. The van der Waals surface area contributed by atoms with Gasteiger partial charge in [0, 0.05) is 24.7 Å². The first-order valence-corrected chi connectivity index (χ1v) is 10.0. The lowest BCUT2D eigenvalue weighted by molar-refractivity contribution is -0.135. The first-order valence-electron chi connectivity index (χ1n) is 10.0. The summed E-state index contributed by atoms with van der Waals surface area (Å²) in [4.78, 5) is 27.7. The first kappa shape index (κ1) is 24.4. The average Bonchev–Trinajstić information content (AvgIpc) is 2.64. The SMILES string of the molecule is CNC1CCCN(C(=O)C(NC(=O)c2ccc(C(C)(C)C)cc2)C(C)C)C1.Cl. The number of rotatable bonds is 5. The van der Waals surface area contributed by atoms with Gasteiger partial charge >= 0.3 is 0 Å². The van der Waals surface area contributed by atoms with Crippen LogP contribution in [0.25, 0.3) is 0 Å². The second-order valence-corrected chi connectivity index (χ2v) is 8.93. The van der Waals surface area contributed by atoms with Crippen LogP contribution in [-0.4, -0.2) is 48.9 Å². The van der Waals surface area contributed by atoms with Crippen molar-refractivity contribution in [3.8, 4) is 0 Å². The van der Waals surface area contributed by atoms with Gasteiger partial charge in [-0.2, -0.15) is 0 Å². The first-order chi connectivity index (χ1) is 12.6. The lowest BCUT2D eigenvalue weighted by Gasteiger charge is -2.36. The van der Waals surface area contributed by atoms with Crippen molar-refractivity contribution in [2.45, 2.75) is 65.0 Å². The highest BCUT2D eigenvalue weighted by molar-refractivity contribution is 5.97. The molecule has 2 N–H and O–H groups in total. The highest BCUT2D eigenvalue weighted by Gasteiger charge is 2.31. The number of halogens is 1. The van der Waals surface area contributed by atoms with E-state index < -0.39 is 6.04 Å². The molecule has 5 nitrogen and oxygen atoms in total. The Kier molecular flexibility index (Phi) is 8.96. The second kappa shape index (κ2) is 10.3. The molecule has 1 fully saturated rings. The number of hydrogen-bond acceptors (Lipinski definition) is 3. The van der Waals surface area contributed by atoms with Gasteiger partial charge < -0.3 is 15.5 Å². The molecule has 0 bridgehead atoms. The molecule has 1 aliphatic heterocycles. The highest BCUT2D eigenvalue weighted by atomic mass is 35.5. The molecule has 28 heavy (non-hydrogen) atoms. The van der Waals surface area contributed by atoms with Crippen LogP contribution in [0.1, 0.15) is 63.4 Å². The zero-order valence-corrected chi connectivity index (χ0v) is 18.9. The third-order valence-corrected chi connectivity index (χ3v) is 5.37. The number of benzene rings is 1. The standard InChI is InChI=1S/C22H35N3O2.ClH/c1-15(2)19(21(27)25-13-7-8-18(14-25)23-6)24-20(26)16-9-11-17(12-10-16)22(3,4)5;/h9-12,15,18-19,23H,7-8,13-14H2,1-6H3,(H,24,26);1H. The number of likely N-dealkylation sites (N-methyl/N-ethyl adjacent to an activating group) is 1. The Morgan fingerprint density at radius 3 is 2.25 bits per heavy atom. The summed E-state index contributed by atoms with van der Waals surface area (Å²) in [5, 5.41) is 6.23. The van der Waals surface area contributed by atoms with Crippen LogP contribution in [0.4, 0.5) is 0 Å². The Balaban J connectivity index is 0.00000392. The summed E-state index contributed by atoms with van der Waals surface area (Å²) in [6.45, 7) is 11.9. The van der Waals surface area contributed by atoms with Gasteiger partial charge in [0.15, 0.2) is 0 Å². The molecular formula is C22H36ClN3O2. The number of carbonyl (C=O) groups is 2. The number of amides is 2. The van der Waals surface area contributed by atoms with Crippen molar-refractivity contribution in [3.63, 3.8) is 0 Å². The smallest absolute Gasteiger partial charge is 0.251 e. The van der Waals surface area contributed by atoms with E-state index in [9.17, 15) is 9.59 Å². The van der Waals surface area contributed by atoms with Crippen molar-refractivity contribution >= 4 is 24.2 Å². The maximum atomic E-state index is 13.0. The molecule has 1 aromatic carbocycles. The van der Waals surface area contributed by atoms with Crippen molar-refractivity contribution < 1.29 is 9.59 Å². The van der Waals surface area contributed by atoms with E-state index in [-0.39, 0.29) is 35.6 Å². The highest BCUT2D eigenvalue weighted by Crippen LogP contribution is 2.22. The fourth-order valence-corrected chi connectivity index (χ4v) is 3.47. The van der Waals surface area contributed by atoms with Crippen LogP contribution in [-0.2, 0) is 10.2 Å². The summed E-state index contributed by atoms with van der Waals surface area (Å²) < 4.78 is 0. The van der Waals surface area contributed by atoms with Gasteiger partial charge in [-0.15, -0.1) is 12.4 Å². The van der Waals surface area contributed by atoms with E-state index in [2.05, 4.69) is 31.4 Å².